The highest BCUT2D eigenvalue weighted by atomic mass is 16.2. The van der Waals surface area contributed by atoms with Crippen LogP contribution in [0.1, 0.15) is 28.9 Å². The summed E-state index contributed by atoms with van der Waals surface area (Å²) in [5.41, 5.74) is 1.88. The molecule has 32 heavy (non-hydrogen) atoms. The number of rotatable bonds is 2. The molecule has 170 valence electrons. The Hall–Kier alpha value is -3.46. The van der Waals surface area contributed by atoms with Crippen LogP contribution in [0.2, 0.25) is 0 Å². The van der Waals surface area contributed by atoms with Crippen LogP contribution in [0.4, 0.5) is 5.69 Å². The van der Waals surface area contributed by atoms with Crippen molar-refractivity contribution < 1.29 is 14.4 Å². The first-order valence-electron chi connectivity index (χ1n) is 10.9. The van der Waals surface area contributed by atoms with Gasteiger partial charge in [-0.25, -0.2) is 0 Å². The van der Waals surface area contributed by atoms with E-state index >= 15 is 0 Å². The van der Waals surface area contributed by atoms with Crippen LogP contribution >= 0.6 is 0 Å². The second kappa shape index (κ2) is 12.4. The van der Waals surface area contributed by atoms with Crippen LogP contribution in [0, 0.1) is 0 Å². The highest BCUT2D eigenvalue weighted by Gasteiger charge is 2.22. The van der Waals surface area contributed by atoms with Crippen molar-refractivity contribution in [1.82, 2.24) is 26.3 Å². The van der Waals surface area contributed by atoms with Crippen molar-refractivity contribution in [1.29, 1.82) is 0 Å². The molecule has 9 heteroatoms. The van der Waals surface area contributed by atoms with Gasteiger partial charge >= 0.3 is 0 Å². The minimum Gasteiger partial charge on any atom is -0.383 e. The number of carbonyl (C=O) groups excluding carboxylic acids is 3. The van der Waals surface area contributed by atoms with Crippen LogP contribution in [0.15, 0.2) is 48.7 Å². The number of pyridine rings is 1. The van der Waals surface area contributed by atoms with Gasteiger partial charge in [0.2, 0.25) is 11.8 Å². The van der Waals surface area contributed by atoms with Gasteiger partial charge in [-0.15, -0.1) is 0 Å². The van der Waals surface area contributed by atoms with Crippen molar-refractivity contribution in [3.63, 3.8) is 0 Å². The fourth-order valence-corrected chi connectivity index (χ4v) is 3.35. The molecule has 0 spiro atoms. The molecule has 0 saturated heterocycles. The summed E-state index contributed by atoms with van der Waals surface area (Å²) < 4.78 is 0. The van der Waals surface area contributed by atoms with Gasteiger partial charge in [0.25, 0.3) is 5.91 Å². The number of nitrogens with zero attached hydrogens (tertiary/aromatic N) is 1. The lowest BCUT2D eigenvalue weighted by Crippen LogP contribution is -2.49. The van der Waals surface area contributed by atoms with E-state index < -0.39 is 11.9 Å². The number of nitrogens with one attached hydrogen (secondary N) is 5. The number of carbonyl (C=O) groups is 3. The molecular weight excluding hydrogens is 408 g/mol. The van der Waals surface area contributed by atoms with Crippen LogP contribution in [0.25, 0.3) is 0 Å². The first-order valence-corrected chi connectivity index (χ1v) is 10.9. The van der Waals surface area contributed by atoms with Crippen molar-refractivity contribution in [2.24, 2.45) is 0 Å². The molecule has 0 radical (unpaired) electrons. The number of benzene rings is 1. The van der Waals surface area contributed by atoms with Crippen molar-refractivity contribution in [3.8, 4) is 0 Å². The summed E-state index contributed by atoms with van der Waals surface area (Å²) in [6, 6.07) is 12.2. The fourth-order valence-electron chi connectivity index (χ4n) is 3.35. The second-order valence-corrected chi connectivity index (χ2v) is 7.57. The van der Waals surface area contributed by atoms with E-state index in [9.17, 15) is 14.4 Å². The lowest BCUT2D eigenvalue weighted by molar-refractivity contribution is -0.123. The maximum absolute atomic E-state index is 12.9. The standard InChI is InChI=1S/C23H30N6O3/c30-21-7-4-9-24-11-12-28-22(31)20(15-17-5-2-1-3-6-17)29-23(32)19-16-18(8-10-26-19)25-13-14-27-21/h1-3,5-6,8,10,16,20,24-25H,4,7,9,11-15H2,(H,27,30)(H,28,31)(H,29,32)/t20-/m0/s1. The average Bonchev–Trinajstić information content (AvgIpc) is 2.81. The van der Waals surface area contributed by atoms with Crippen LogP contribution < -0.4 is 26.6 Å². The van der Waals surface area contributed by atoms with Gasteiger partial charge in [-0.3, -0.25) is 19.4 Å². The molecule has 5 N–H and O–H groups in total. The molecular formula is C23H30N6O3. The molecule has 1 aromatic carbocycles. The van der Waals surface area contributed by atoms with Crippen LogP contribution in [-0.2, 0) is 16.0 Å². The zero-order valence-electron chi connectivity index (χ0n) is 18.0. The van der Waals surface area contributed by atoms with E-state index in [1.807, 2.05) is 30.3 Å². The monoisotopic (exact) mass is 438 g/mol. The number of amides is 3. The Labute approximate surface area is 187 Å². The minimum atomic E-state index is -0.729. The SMILES string of the molecule is O=C1CCCNCCNC(=O)[C@H](Cc2ccccc2)NC(=O)c2cc(ccn2)NCCN1. The summed E-state index contributed by atoms with van der Waals surface area (Å²) in [5, 5.41) is 15.0. The van der Waals surface area contributed by atoms with Gasteiger partial charge in [0.1, 0.15) is 11.7 Å². The third kappa shape index (κ3) is 7.66. The quantitative estimate of drug-likeness (QED) is 0.464. The fraction of sp³-hybridized carbons (Fsp3) is 0.391. The van der Waals surface area contributed by atoms with Crippen molar-refractivity contribution in [2.45, 2.75) is 25.3 Å². The average molecular weight is 439 g/mol. The summed E-state index contributed by atoms with van der Waals surface area (Å²) >= 11 is 0. The Balaban J connectivity index is 1.73. The zero-order valence-corrected chi connectivity index (χ0v) is 18.0. The van der Waals surface area contributed by atoms with Gasteiger partial charge in [0, 0.05) is 50.9 Å². The van der Waals surface area contributed by atoms with E-state index in [4.69, 9.17) is 0 Å². The Bertz CT molecular complexity index is 906. The summed E-state index contributed by atoms with van der Waals surface area (Å²) in [6.07, 6.45) is 3.07. The van der Waals surface area contributed by atoms with Crippen molar-refractivity contribution in [2.75, 3.05) is 38.0 Å². The van der Waals surface area contributed by atoms with Crippen LogP contribution in [-0.4, -0.2) is 61.5 Å². The van der Waals surface area contributed by atoms with E-state index in [2.05, 4.69) is 31.6 Å². The van der Waals surface area contributed by atoms with Gasteiger partial charge in [-0.2, -0.15) is 0 Å². The molecule has 1 aliphatic heterocycles. The molecule has 3 amide bonds. The molecule has 0 aliphatic carbocycles. The van der Waals surface area contributed by atoms with Crippen molar-refractivity contribution in [3.05, 3.63) is 59.9 Å². The lowest BCUT2D eigenvalue weighted by atomic mass is 10.0. The summed E-state index contributed by atoms with van der Waals surface area (Å²) in [4.78, 5) is 41.7. The van der Waals surface area contributed by atoms with E-state index in [1.165, 1.54) is 6.20 Å². The molecule has 9 nitrogen and oxygen atoms in total. The first kappa shape index (κ1) is 23.2. The minimum absolute atomic E-state index is 0.00151. The number of fused-ring (bicyclic) bond motifs is 2. The Morgan fingerprint density at radius 2 is 1.66 bits per heavy atom. The zero-order chi connectivity index (χ0) is 22.6. The third-order valence-electron chi connectivity index (χ3n) is 5.03. The molecule has 0 saturated carbocycles. The molecule has 2 bridgehead atoms. The highest BCUT2D eigenvalue weighted by Crippen LogP contribution is 2.09. The van der Waals surface area contributed by atoms with Gasteiger partial charge < -0.3 is 26.6 Å². The smallest absolute Gasteiger partial charge is 0.270 e. The van der Waals surface area contributed by atoms with Gasteiger partial charge in [0.05, 0.1) is 0 Å². The maximum Gasteiger partial charge on any atom is 0.270 e. The van der Waals surface area contributed by atoms with Gasteiger partial charge in [-0.1, -0.05) is 30.3 Å². The topological polar surface area (TPSA) is 124 Å². The molecule has 2 aromatic rings. The second-order valence-electron chi connectivity index (χ2n) is 7.57. The summed E-state index contributed by atoms with van der Waals surface area (Å²) in [7, 11) is 0. The van der Waals surface area contributed by atoms with Gasteiger partial charge in [-0.05, 0) is 30.7 Å². The van der Waals surface area contributed by atoms with Gasteiger partial charge in [0.15, 0.2) is 0 Å². The number of hydrogen-bond acceptors (Lipinski definition) is 6. The normalized spacial score (nSPS) is 19.2. The van der Waals surface area contributed by atoms with E-state index in [0.717, 1.165) is 5.56 Å². The molecule has 1 aliphatic rings. The third-order valence-corrected chi connectivity index (χ3v) is 5.03. The summed E-state index contributed by atoms with van der Waals surface area (Å²) in [5.74, 6) is -0.678. The molecule has 0 fully saturated rings. The van der Waals surface area contributed by atoms with E-state index in [0.29, 0.717) is 57.7 Å². The van der Waals surface area contributed by atoms with E-state index in [-0.39, 0.29) is 17.5 Å². The number of anilines is 1. The predicted octanol–water partition coefficient (Wildman–Crippen LogP) is 0.450. The largest absolute Gasteiger partial charge is 0.383 e. The Morgan fingerprint density at radius 1 is 0.875 bits per heavy atom. The Morgan fingerprint density at radius 3 is 2.50 bits per heavy atom. The number of aromatic nitrogens is 1. The Kier molecular flexibility index (Phi) is 9.00. The molecule has 1 atom stereocenters. The summed E-state index contributed by atoms with van der Waals surface area (Å²) in [6.45, 7) is 2.68. The molecule has 1 aromatic heterocycles. The van der Waals surface area contributed by atoms with Crippen molar-refractivity contribution >= 4 is 23.4 Å². The maximum atomic E-state index is 12.9. The first-order chi connectivity index (χ1) is 15.6. The highest BCUT2D eigenvalue weighted by molar-refractivity contribution is 5.96. The molecule has 2 heterocycles. The predicted molar refractivity (Wildman–Crippen MR) is 122 cm³/mol. The van der Waals surface area contributed by atoms with Crippen LogP contribution in [0.3, 0.4) is 0 Å². The lowest BCUT2D eigenvalue weighted by Gasteiger charge is -2.19. The van der Waals surface area contributed by atoms with Crippen LogP contribution in [0.5, 0.6) is 0 Å². The molecule has 0 unspecified atom stereocenters. The van der Waals surface area contributed by atoms with E-state index in [1.54, 1.807) is 12.1 Å². The number of hydrogen-bond donors (Lipinski definition) is 5. The molecule has 3 rings (SSSR count).